The number of halogens is 4. The summed E-state index contributed by atoms with van der Waals surface area (Å²) in [6.07, 6.45) is -4.12. The summed E-state index contributed by atoms with van der Waals surface area (Å²) in [6.45, 7) is 1.81. The van der Waals surface area contributed by atoms with Gasteiger partial charge in [0.25, 0.3) is 0 Å². The minimum atomic E-state index is -4.60. The molecule has 0 aliphatic heterocycles. The molecule has 0 bridgehead atoms. The molecule has 122 valence electrons. The van der Waals surface area contributed by atoms with E-state index in [1.165, 1.54) is 12.1 Å². The van der Waals surface area contributed by atoms with Gasteiger partial charge in [0.05, 0.1) is 17.2 Å². The third kappa shape index (κ3) is 4.26. The van der Waals surface area contributed by atoms with E-state index in [1.54, 1.807) is 24.3 Å². The van der Waals surface area contributed by atoms with Crippen LogP contribution in [0.15, 0.2) is 48.5 Å². The number of rotatable bonds is 4. The molecule has 1 atom stereocenters. The molecular formula is C17H15ClF3NO. The van der Waals surface area contributed by atoms with Crippen molar-refractivity contribution >= 4 is 23.2 Å². The Balaban J connectivity index is 2.30. The molecule has 0 aliphatic rings. The highest BCUT2D eigenvalue weighted by Gasteiger charge is 2.34. The first-order valence-electron chi connectivity index (χ1n) is 7.05. The lowest BCUT2D eigenvalue weighted by Crippen LogP contribution is -2.22. The van der Waals surface area contributed by atoms with Gasteiger partial charge in [0.2, 0.25) is 5.91 Å². The van der Waals surface area contributed by atoms with Gasteiger partial charge < -0.3 is 5.32 Å². The van der Waals surface area contributed by atoms with Crippen molar-refractivity contribution in [3.05, 3.63) is 64.7 Å². The van der Waals surface area contributed by atoms with Crippen molar-refractivity contribution in [2.24, 2.45) is 0 Å². The zero-order valence-electron chi connectivity index (χ0n) is 12.3. The zero-order valence-corrected chi connectivity index (χ0v) is 13.1. The van der Waals surface area contributed by atoms with Gasteiger partial charge in [-0.2, -0.15) is 13.2 Å². The Hall–Kier alpha value is -2.01. The molecule has 6 heteroatoms. The van der Waals surface area contributed by atoms with Gasteiger partial charge in [-0.25, -0.2) is 0 Å². The fraction of sp³-hybridized carbons (Fsp3) is 0.235. The summed E-state index contributed by atoms with van der Waals surface area (Å²) >= 11 is 5.63. The maximum Gasteiger partial charge on any atom is 0.418 e. The maximum atomic E-state index is 13.1. The van der Waals surface area contributed by atoms with Gasteiger partial charge in [-0.3, -0.25) is 4.79 Å². The topological polar surface area (TPSA) is 29.1 Å². The molecule has 0 saturated heterocycles. The van der Waals surface area contributed by atoms with E-state index >= 15 is 0 Å². The van der Waals surface area contributed by atoms with Gasteiger partial charge in [-0.1, -0.05) is 48.9 Å². The SMILES string of the molecule is CCC(C(=O)Nc1ccc(Cl)cc1C(F)(F)F)c1ccccc1. The lowest BCUT2D eigenvalue weighted by atomic mass is 9.95. The van der Waals surface area contributed by atoms with Crippen LogP contribution in [0.4, 0.5) is 18.9 Å². The molecule has 23 heavy (non-hydrogen) atoms. The third-order valence-corrected chi connectivity index (χ3v) is 3.71. The van der Waals surface area contributed by atoms with E-state index in [4.69, 9.17) is 11.6 Å². The number of hydrogen-bond donors (Lipinski definition) is 1. The molecule has 0 heterocycles. The average Bonchev–Trinajstić information content (AvgIpc) is 2.50. The van der Waals surface area contributed by atoms with Crippen molar-refractivity contribution in [1.29, 1.82) is 0 Å². The van der Waals surface area contributed by atoms with Crippen LogP contribution in [0.2, 0.25) is 5.02 Å². The van der Waals surface area contributed by atoms with Crippen molar-refractivity contribution in [3.8, 4) is 0 Å². The molecule has 2 aromatic carbocycles. The molecule has 0 aliphatic carbocycles. The predicted molar refractivity (Wildman–Crippen MR) is 84.6 cm³/mol. The molecule has 0 saturated carbocycles. The minimum Gasteiger partial charge on any atom is -0.325 e. The van der Waals surface area contributed by atoms with E-state index in [1.807, 2.05) is 13.0 Å². The summed E-state index contributed by atoms with van der Waals surface area (Å²) in [4.78, 5) is 12.4. The van der Waals surface area contributed by atoms with Gasteiger partial charge in [-0.05, 0) is 30.2 Å². The highest BCUT2D eigenvalue weighted by atomic mass is 35.5. The summed E-state index contributed by atoms with van der Waals surface area (Å²) in [6, 6.07) is 12.2. The largest absolute Gasteiger partial charge is 0.418 e. The highest BCUT2D eigenvalue weighted by Crippen LogP contribution is 2.37. The van der Waals surface area contributed by atoms with E-state index in [0.717, 1.165) is 11.6 Å². The van der Waals surface area contributed by atoms with Crippen molar-refractivity contribution in [2.75, 3.05) is 5.32 Å². The Morgan fingerprint density at radius 3 is 2.39 bits per heavy atom. The minimum absolute atomic E-state index is 0.0366. The second kappa shape index (κ2) is 7.04. The van der Waals surface area contributed by atoms with Crippen LogP contribution in [0, 0.1) is 0 Å². The first-order chi connectivity index (χ1) is 10.8. The normalized spacial score (nSPS) is 12.7. The Kier molecular flexibility index (Phi) is 5.31. The Morgan fingerprint density at radius 1 is 1.17 bits per heavy atom. The van der Waals surface area contributed by atoms with E-state index in [9.17, 15) is 18.0 Å². The summed E-state index contributed by atoms with van der Waals surface area (Å²) in [5.74, 6) is -1.00. The summed E-state index contributed by atoms with van der Waals surface area (Å²) in [5.41, 5.74) is -0.488. The molecule has 0 fully saturated rings. The Morgan fingerprint density at radius 2 is 1.83 bits per heavy atom. The molecule has 2 rings (SSSR count). The lowest BCUT2D eigenvalue weighted by Gasteiger charge is -2.18. The second-order valence-corrected chi connectivity index (χ2v) is 5.48. The Bertz CT molecular complexity index is 686. The van der Waals surface area contributed by atoms with Crippen LogP contribution in [0.25, 0.3) is 0 Å². The number of carbonyl (C=O) groups is 1. The highest BCUT2D eigenvalue weighted by molar-refractivity contribution is 6.30. The molecule has 1 amide bonds. The predicted octanol–water partition coefficient (Wildman–Crippen LogP) is 5.49. The number of benzene rings is 2. The molecule has 0 radical (unpaired) electrons. The van der Waals surface area contributed by atoms with Gasteiger partial charge >= 0.3 is 6.18 Å². The number of carbonyl (C=O) groups excluding carboxylic acids is 1. The van der Waals surface area contributed by atoms with Crippen molar-refractivity contribution < 1.29 is 18.0 Å². The van der Waals surface area contributed by atoms with Crippen molar-refractivity contribution in [1.82, 2.24) is 0 Å². The summed E-state index contributed by atoms with van der Waals surface area (Å²) in [7, 11) is 0. The summed E-state index contributed by atoms with van der Waals surface area (Å²) < 4.78 is 39.2. The smallest absolute Gasteiger partial charge is 0.325 e. The molecule has 2 nitrogen and oxygen atoms in total. The Labute approximate surface area is 137 Å². The second-order valence-electron chi connectivity index (χ2n) is 5.05. The van der Waals surface area contributed by atoms with Crippen molar-refractivity contribution in [3.63, 3.8) is 0 Å². The van der Waals surface area contributed by atoms with Gasteiger partial charge in [-0.15, -0.1) is 0 Å². The molecule has 1 unspecified atom stereocenters. The van der Waals surface area contributed by atoms with E-state index < -0.39 is 23.6 Å². The van der Waals surface area contributed by atoms with E-state index in [2.05, 4.69) is 5.32 Å². The van der Waals surface area contributed by atoms with Crippen molar-refractivity contribution in [2.45, 2.75) is 25.4 Å². The maximum absolute atomic E-state index is 13.1. The van der Waals surface area contributed by atoms with Crippen LogP contribution in [-0.4, -0.2) is 5.91 Å². The molecule has 0 spiro atoms. The van der Waals surface area contributed by atoms with Crippen LogP contribution >= 0.6 is 11.6 Å². The van der Waals surface area contributed by atoms with Crippen LogP contribution in [0.5, 0.6) is 0 Å². The fourth-order valence-electron chi connectivity index (χ4n) is 2.34. The van der Waals surface area contributed by atoms with E-state index in [0.29, 0.717) is 6.42 Å². The zero-order chi connectivity index (χ0) is 17.0. The standard InChI is InChI=1S/C17H15ClF3NO/c1-2-13(11-6-4-3-5-7-11)16(23)22-15-9-8-12(18)10-14(15)17(19,20)21/h3-10,13H,2H2,1H3,(H,22,23). The molecule has 0 aromatic heterocycles. The van der Waals surface area contributed by atoms with Crippen LogP contribution < -0.4 is 5.32 Å². The van der Waals surface area contributed by atoms with Crippen LogP contribution in [-0.2, 0) is 11.0 Å². The number of amides is 1. The van der Waals surface area contributed by atoms with Gasteiger partial charge in [0.1, 0.15) is 0 Å². The van der Waals surface area contributed by atoms with E-state index in [-0.39, 0.29) is 10.7 Å². The van der Waals surface area contributed by atoms with Crippen LogP contribution in [0.1, 0.15) is 30.4 Å². The first kappa shape index (κ1) is 17.3. The molecular weight excluding hydrogens is 327 g/mol. The number of hydrogen-bond acceptors (Lipinski definition) is 1. The first-order valence-corrected chi connectivity index (χ1v) is 7.43. The van der Waals surface area contributed by atoms with Crippen LogP contribution in [0.3, 0.4) is 0 Å². The lowest BCUT2D eigenvalue weighted by molar-refractivity contribution is -0.137. The number of anilines is 1. The molecule has 1 N–H and O–H groups in total. The quantitative estimate of drug-likeness (QED) is 0.782. The monoisotopic (exact) mass is 341 g/mol. The average molecular weight is 342 g/mol. The third-order valence-electron chi connectivity index (χ3n) is 3.47. The fourth-order valence-corrected chi connectivity index (χ4v) is 2.51. The molecule has 2 aromatic rings. The summed E-state index contributed by atoms with van der Waals surface area (Å²) in [5, 5.41) is 2.34. The van der Waals surface area contributed by atoms with Gasteiger partial charge in [0, 0.05) is 5.02 Å². The number of nitrogens with one attached hydrogen (secondary N) is 1. The number of alkyl halides is 3. The van der Waals surface area contributed by atoms with Gasteiger partial charge in [0.15, 0.2) is 0 Å².